The molecule has 2 aliphatic rings. The second kappa shape index (κ2) is 11.7. The molecule has 1 saturated carbocycles. The lowest BCUT2D eigenvalue weighted by molar-refractivity contribution is 0.104. The lowest BCUT2D eigenvalue weighted by atomic mass is 9.83. The van der Waals surface area contributed by atoms with Gasteiger partial charge in [-0.2, -0.15) is 0 Å². The van der Waals surface area contributed by atoms with Crippen molar-refractivity contribution in [3.05, 3.63) is 35.9 Å². The molecule has 0 bridgehead atoms. The monoisotopic (exact) mass is 414 g/mol. The first-order valence-corrected chi connectivity index (χ1v) is 12.0. The van der Waals surface area contributed by atoms with Crippen LogP contribution in [0.3, 0.4) is 0 Å². The maximum Gasteiger partial charge on any atom is 0.191 e. The number of guanidine groups is 1. The predicted molar refractivity (Wildman–Crippen MR) is 126 cm³/mol. The van der Waals surface area contributed by atoms with Crippen LogP contribution in [0.2, 0.25) is 0 Å². The summed E-state index contributed by atoms with van der Waals surface area (Å²) in [5.74, 6) is 0.964. The highest BCUT2D eigenvalue weighted by Gasteiger charge is 2.34. The molecule has 0 radical (unpaired) electrons. The highest BCUT2D eigenvalue weighted by molar-refractivity contribution is 5.80. The van der Waals surface area contributed by atoms with E-state index in [0.717, 1.165) is 58.1 Å². The van der Waals surface area contributed by atoms with Crippen LogP contribution in [0.5, 0.6) is 0 Å². The first kappa shape index (κ1) is 23.1. The normalized spacial score (nSPS) is 24.7. The van der Waals surface area contributed by atoms with Crippen LogP contribution in [-0.2, 0) is 11.3 Å². The Hall–Kier alpha value is -1.59. The van der Waals surface area contributed by atoms with Gasteiger partial charge in [-0.1, -0.05) is 43.2 Å². The molecule has 1 heterocycles. The number of nitrogens with zero attached hydrogens (tertiary/aromatic N) is 2. The molecule has 1 aliphatic heterocycles. The van der Waals surface area contributed by atoms with Crippen molar-refractivity contribution < 1.29 is 4.74 Å². The molecule has 5 nitrogen and oxygen atoms in total. The largest absolute Gasteiger partial charge is 0.382 e. The topological polar surface area (TPSA) is 48.9 Å². The van der Waals surface area contributed by atoms with Crippen molar-refractivity contribution in [3.63, 3.8) is 0 Å². The van der Waals surface area contributed by atoms with Crippen molar-refractivity contribution in [1.82, 2.24) is 15.5 Å². The number of likely N-dealkylation sites (tertiary alicyclic amines) is 1. The number of piperidine rings is 1. The molecule has 30 heavy (non-hydrogen) atoms. The molecule has 0 aromatic heterocycles. The average molecular weight is 415 g/mol. The van der Waals surface area contributed by atoms with Crippen molar-refractivity contribution >= 4 is 5.96 Å². The molecule has 1 aromatic rings. The Morgan fingerprint density at radius 2 is 2.00 bits per heavy atom. The van der Waals surface area contributed by atoms with Crippen LogP contribution >= 0.6 is 0 Å². The van der Waals surface area contributed by atoms with Crippen LogP contribution < -0.4 is 10.6 Å². The molecule has 1 saturated heterocycles. The van der Waals surface area contributed by atoms with E-state index in [4.69, 9.17) is 4.74 Å². The predicted octanol–water partition coefficient (Wildman–Crippen LogP) is 4.19. The minimum Gasteiger partial charge on any atom is -0.382 e. The van der Waals surface area contributed by atoms with Gasteiger partial charge in [0.15, 0.2) is 5.96 Å². The fourth-order valence-electron chi connectivity index (χ4n) is 5.14. The molecule has 3 rings (SSSR count). The van der Waals surface area contributed by atoms with Crippen molar-refractivity contribution in [2.45, 2.75) is 77.4 Å². The van der Waals surface area contributed by atoms with Crippen LogP contribution in [0.1, 0.15) is 64.4 Å². The van der Waals surface area contributed by atoms with Crippen LogP contribution in [0.25, 0.3) is 0 Å². The van der Waals surface area contributed by atoms with Gasteiger partial charge in [0.05, 0.1) is 0 Å². The minimum atomic E-state index is 0.374. The Labute approximate surface area is 183 Å². The van der Waals surface area contributed by atoms with Gasteiger partial charge in [-0.3, -0.25) is 9.89 Å². The van der Waals surface area contributed by atoms with Gasteiger partial charge in [-0.15, -0.1) is 0 Å². The Kier molecular flexibility index (Phi) is 9.01. The third-order valence-corrected chi connectivity index (χ3v) is 7.08. The van der Waals surface area contributed by atoms with E-state index in [1.807, 2.05) is 7.05 Å². The maximum absolute atomic E-state index is 5.66. The lowest BCUT2D eigenvalue weighted by Crippen LogP contribution is -2.52. The summed E-state index contributed by atoms with van der Waals surface area (Å²) in [6.07, 6.45) is 8.77. The lowest BCUT2D eigenvalue weighted by Gasteiger charge is -2.38. The van der Waals surface area contributed by atoms with E-state index in [1.165, 1.54) is 31.2 Å². The van der Waals surface area contributed by atoms with Gasteiger partial charge in [0.25, 0.3) is 0 Å². The summed E-state index contributed by atoms with van der Waals surface area (Å²) in [6, 6.07) is 11.9. The van der Waals surface area contributed by atoms with Crippen LogP contribution in [-0.4, -0.2) is 56.3 Å². The van der Waals surface area contributed by atoms with Gasteiger partial charge in [0, 0.05) is 52.0 Å². The molecule has 1 aromatic carbocycles. The Bertz CT molecular complexity index is 642. The summed E-state index contributed by atoms with van der Waals surface area (Å²) in [5, 5.41) is 7.37. The molecular weight excluding hydrogens is 372 g/mol. The van der Waals surface area contributed by atoms with Gasteiger partial charge in [0.2, 0.25) is 0 Å². The minimum absolute atomic E-state index is 0.374. The average Bonchev–Trinajstić information content (AvgIpc) is 3.23. The zero-order valence-corrected chi connectivity index (χ0v) is 19.3. The third kappa shape index (κ3) is 6.71. The standard InChI is InChI=1S/C25H42N4O/c1-4-30-17-15-25(13-8-9-14-25)20-27-24(26-3)28-23-12-16-29(21(2)18-23)19-22-10-6-5-7-11-22/h5-7,10-11,21,23H,4,8-9,12-20H2,1-3H3,(H2,26,27,28). The van der Waals surface area contributed by atoms with E-state index in [1.54, 1.807) is 0 Å². The molecule has 1 aliphatic carbocycles. The molecule has 2 unspecified atom stereocenters. The smallest absolute Gasteiger partial charge is 0.191 e. The van der Waals surface area contributed by atoms with Gasteiger partial charge in [-0.25, -0.2) is 0 Å². The molecule has 2 N–H and O–H groups in total. The summed E-state index contributed by atoms with van der Waals surface area (Å²) in [5.41, 5.74) is 1.78. The second-order valence-electron chi connectivity index (χ2n) is 9.25. The fourth-order valence-corrected chi connectivity index (χ4v) is 5.14. The van der Waals surface area contributed by atoms with Gasteiger partial charge < -0.3 is 15.4 Å². The molecule has 0 spiro atoms. The van der Waals surface area contributed by atoms with E-state index in [9.17, 15) is 0 Å². The summed E-state index contributed by atoms with van der Waals surface area (Å²) < 4.78 is 5.66. The van der Waals surface area contributed by atoms with E-state index in [-0.39, 0.29) is 0 Å². The van der Waals surface area contributed by atoms with Crippen molar-refractivity contribution in [3.8, 4) is 0 Å². The summed E-state index contributed by atoms with van der Waals surface area (Å²) in [4.78, 5) is 7.13. The number of hydrogen-bond acceptors (Lipinski definition) is 3. The maximum atomic E-state index is 5.66. The summed E-state index contributed by atoms with van der Waals surface area (Å²) >= 11 is 0. The Morgan fingerprint density at radius 3 is 2.67 bits per heavy atom. The van der Waals surface area contributed by atoms with Crippen molar-refractivity contribution in [2.75, 3.05) is 33.4 Å². The first-order valence-electron chi connectivity index (χ1n) is 12.0. The highest BCUT2D eigenvalue weighted by atomic mass is 16.5. The quantitative estimate of drug-likeness (QED) is 0.361. The second-order valence-corrected chi connectivity index (χ2v) is 9.25. The van der Waals surface area contributed by atoms with Crippen LogP contribution in [0, 0.1) is 5.41 Å². The van der Waals surface area contributed by atoms with E-state index in [2.05, 4.69) is 64.7 Å². The van der Waals surface area contributed by atoms with Gasteiger partial charge in [0.1, 0.15) is 0 Å². The summed E-state index contributed by atoms with van der Waals surface area (Å²) in [6.45, 7) is 9.30. The third-order valence-electron chi connectivity index (χ3n) is 7.08. The Morgan fingerprint density at radius 1 is 1.23 bits per heavy atom. The number of hydrogen-bond donors (Lipinski definition) is 2. The SMILES string of the molecule is CCOCCC1(CNC(=NC)NC2CCN(Cc3ccccc3)C(C)C2)CCCC1. The molecular formula is C25H42N4O. The Balaban J connectivity index is 1.45. The molecule has 2 atom stereocenters. The number of rotatable bonds is 9. The number of nitrogens with one attached hydrogen (secondary N) is 2. The molecule has 5 heteroatoms. The fraction of sp³-hybridized carbons (Fsp3) is 0.720. The van der Waals surface area contributed by atoms with Crippen molar-refractivity contribution in [2.24, 2.45) is 10.4 Å². The van der Waals surface area contributed by atoms with E-state index in [0.29, 0.717) is 17.5 Å². The summed E-state index contributed by atoms with van der Waals surface area (Å²) in [7, 11) is 1.89. The van der Waals surface area contributed by atoms with Gasteiger partial charge >= 0.3 is 0 Å². The van der Waals surface area contributed by atoms with Crippen molar-refractivity contribution in [1.29, 1.82) is 0 Å². The zero-order valence-electron chi connectivity index (χ0n) is 19.3. The molecule has 2 fully saturated rings. The van der Waals surface area contributed by atoms with E-state index >= 15 is 0 Å². The van der Waals surface area contributed by atoms with Crippen LogP contribution in [0.15, 0.2) is 35.3 Å². The molecule has 0 amide bonds. The zero-order chi connectivity index (χ0) is 21.2. The molecule has 168 valence electrons. The van der Waals surface area contributed by atoms with E-state index < -0.39 is 0 Å². The number of ether oxygens (including phenoxy) is 1. The first-order chi connectivity index (χ1) is 14.6. The number of aliphatic imine (C=N–C) groups is 1. The number of benzene rings is 1. The van der Waals surface area contributed by atoms with Gasteiger partial charge in [-0.05, 0) is 56.9 Å². The van der Waals surface area contributed by atoms with Crippen LogP contribution in [0.4, 0.5) is 0 Å². The highest BCUT2D eigenvalue weighted by Crippen LogP contribution is 2.40.